The first-order valence-corrected chi connectivity index (χ1v) is 16.6. The highest BCUT2D eigenvalue weighted by Gasteiger charge is 2.22. The molecule has 0 saturated heterocycles. The van der Waals surface area contributed by atoms with Crippen molar-refractivity contribution in [2.75, 3.05) is 14.2 Å². The van der Waals surface area contributed by atoms with Crippen LogP contribution in [0.15, 0.2) is 84.9 Å². The van der Waals surface area contributed by atoms with Gasteiger partial charge in [-0.15, -0.1) is 11.8 Å². The van der Waals surface area contributed by atoms with Gasteiger partial charge in [0.25, 0.3) is 0 Å². The largest absolute Gasteiger partial charge is 0.493 e. The molecule has 0 aromatic heterocycles. The maximum absolute atomic E-state index is 11.5. The molecule has 47 heavy (non-hydrogen) atoms. The number of carbonyl (C=O) groups excluding carboxylic acids is 2. The molecule has 244 valence electrons. The van der Waals surface area contributed by atoms with Gasteiger partial charge in [0, 0.05) is 33.9 Å². The van der Waals surface area contributed by atoms with Gasteiger partial charge in [0.2, 0.25) is 0 Å². The zero-order valence-electron chi connectivity index (χ0n) is 25.8. The van der Waals surface area contributed by atoms with E-state index in [9.17, 15) is 9.59 Å². The minimum Gasteiger partial charge on any atom is -0.493 e. The molecule has 4 aromatic rings. The fraction of sp³-hybridized carbons (Fsp3) is 0.167. The Morgan fingerprint density at radius 1 is 0.596 bits per heavy atom. The van der Waals surface area contributed by atoms with Gasteiger partial charge in [0.1, 0.15) is 0 Å². The molecule has 11 heteroatoms. The maximum Gasteiger partial charge on any atom is 0.308 e. The summed E-state index contributed by atoms with van der Waals surface area (Å²) in [4.78, 5) is 23.0. The summed E-state index contributed by atoms with van der Waals surface area (Å²) in [6.45, 7) is 2.66. The Bertz CT molecular complexity index is 1690. The molecule has 0 aliphatic heterocycles. The first kappa shape index (κ1) is 36.2. The monoisotopic (exact) mass is 730 g/mol. The highest BCUT2D eigenvalue weighted by molar-refractivity contribution is 8.00. The van der Waals surface area contributed by atoms with Gasteiger partial charge in [-0.1, -0.05) is 95.0 Å². The molecule has 0 amide bonds. The molecule has 2 atom stereocenters. The van der Waals surface area contributed by atoms with Crippen molar-refractivity contribution in [2.45, 2.75) is 24.3 Å². The fourth-order valence-electron chi connectivity index (χ4n) is 4.52. The number of halogens is 4. The molecule has 2 unspecified atom stereocenters. The second-order valence-electron chi connectivity index (χ2n) is 10.0. The lowest BCUT2D eigenvalue weighted by Crippen LogP contribution is -2.03. The van der Waals surface area contributed by atoms with Gasteiger partial charge in [0.15, 0.2) is 23.0 Å². The summed E-state index contributed by atoms with van der Waals surface area (Å²) in [6, 6.07) is 21.3. The minimum absolute atomic E-state index is 0.291. The highest BCUT2D eigenvalue weighted by atomic mass is 35.5. The summed E-state index contributed by atoms with van der Waals surface area (Å²) in [6.07, 6.45) is 7.90. The predicted molar refractivity (Wildman–Crippen MR) is 193 cm³/mol. The molecule has 0 fully saturated rings. The number of ether oxygens (including phenoxy) is 4. The third-order valence-corrected chi connectivity index (χ3v) is 9.17. The van der Waals surface area contributed by atoms with E-state index in [0.29, 0.717) is 43.1 Å². The zero-order chi connectivity index (χ0) is 34.1. The third kappa shape index (κ3) is 10.2. The number of carbonyl (C=O) groups is 2. The summed E-state index contributed by atoms with van der Waals surface area (Å²) in [5.41, 5.74) is 3.28. The average molecular weight is 733 g/mol. The Hall–Kier alpha value is -3.59. The van der Waals surface area contributed by atoms with Crippen LogP contribution in [0.1, 0.15) is 46.6 Å². The SMILES string of the molecule is COc1cc(C=CC(SC(C=Cc2ccc(OC(C)=O)c(OC)c2)c2ccc(Cl)cc2Cl)c2ccc(Cl)cc2Cl)ccc1OC(C)=O. The van der Waals surface area contributed by atoms with Crippen LogP contribution >= 0.6 is 58.2 Å². The number of rotatable bonds is 12. The highest BCUT2D eigenvalue weighted by Crippen LogP contribution is 2.47. The van der Waals surface area contributed by atoms with Crippen LogP contribution in [0.4, 0.5) is 0 Å². The molecule has 0 heterocycles. The smallest absolute Gasteiger partial charge is 0.308 e. The van der Waals surface area contributed by atoms with E-state index in [0.717, 1.165) is 22.3 Å². The third-order valence-electron chi connectivity index (χ3n) is 6.64. The lowest BCUT2D eigenvalue weighted by molar-refractivity contribution is -0.132. The van der Waals surface area contributed by atoms with Gasteiger partial charge in [0.05, 0.1) is 24.7 Å². The average Bonchev–Trinajstić information content (AvgIpc) is 3.02. The minimum atomic E-state index is -0.445. The van der Waals surface area contributed by atoms with E-state index in [1.165, 1.54) is 28.1 Å². The predicted octanol–water partition coefficient (Wildman–Crippen LogP) is 11.1. The van der Waals surface area contributed by atoms with Crippen LogP contribution in [0.5, 0.6) is 23.0 Å². The Morgan fingerprint density at radius 2 is 1.00 bits per heavy atom. The standard InChI is InChI=1S/C36H30Cl4O6S/c1-21(41)45-31-13-5-23(17-33(31)43-3)7-15-35(27-11-9-25(37)19-29(27)39)47-36(28-12-10-26(38)20-30(28)40)16-8-24-6-14-32(46-22(2)42)34(18-24)44-4/h5-20,35-36H,1-4H3. The molecule has 0 N–H and O–H groups in total. The fourth-order valence-corrected chi connectivity index (χ4v) is 7.06. The maximum atomic E-state index is 11.5. The Morgan fingerprint density at radius 3 is 1.34 bits per heavy atom. The Labute approximate surface area is 298 Å². The van der Waals surface area contributed by atoms with Crippen LogP contribution in [0, 0.1) is 0 Å². The van der Waals surface area contributed by atoms with Gasteiger partial charge in [-0.3, -0.25) is 9.59 Å². The quantitative estimate of drug-likeness (QED) is 0.106. The first-order chi connectivity index (χ1) is 22.5. The molecular weight excluding hydrogens is 702 g/mol. The second kappa shape index (κ2) is 17.0. The summed E-state index contributed by atoms with van der Waals surface area (Å²) >= 11 is 27.6. The van der Waals surface area contributed by atoms with Crippen molar-refractivity contribution in [3.05, 3.63) is 127 Å². The zero-order valence-corrected chi connectivity index (χ0v) is 29.6. The molecule has 0 aliphatic rings. The molecule has 0 bridgehead atoms. The summed E-state index contributed by atoms with van der Waals surface area (Å²) in [7, 11) is 3.02. The second-order valence-corrected chi connectivity index (χ2v) is 13.0. The molecule has 4 rings (SSSR count). The molecule has 0 spiro atoms. The molecule has 0 saturated carbocycles. The van der Waals surface area contributed by atoms with Crippen molar-refractivity contribution in [2.24, 2.45) is 0 Å². The van der Waals surface area contributed by atoms with Crippen LogP contribution < -0.4 is 18.9 Å². The number of thioether (sulfide) groups is 1. The number of hydrogen-bond acceptors (Lipinski definition) is 7. The van der Waals surface area contributed by atoms with Crippen molar-refractivity contribution >= 4 is 82.3 Å². The van der Waals surface area contributed by atoms with E-state index in [1.807, 2.05) is 48.6 Å². The van der Waals surface area contributed by atoms with Crippen molar-refractivity contribution < 1.29 is 28.5 Å². The van der Waals surface area contributed by atoms with E-state index in [1.54, 1.807) is 60.3 Å². The number of esters is 2. The van der Waals surface area contributed by atoms with Gasteiger partial charge in [-0.25, -0.2) is 0 Å². The summed E-state index contributed by atoms with van der Waals surface area (Å²) < 4.78 is 21.4. The van der Waals surface area contributed by atoms with Crippen LogP contribution in [-0.2, 0) is 9.59 Å². The van der Waals surface area contributed by atoms with E-state index in [4.69, 9.17) is 65.4 Å². The van der Waals surface area contributed by atoms with E-state index in [2.05, 4.69) is 0 Å². The summed E-state index contributed by atoms with van der Waals surface area (Å²) in [5.74, 6) is 0.589. The van der Waals surface area contributed by atoms with Gasteiger partial charge in [-0.05, 0) is 70.8 Å². The Balaban J connectivity index is 1.76. The van der Waals surface area contributed by atoms with Crippen molar-refractivity contribution in [1.82, 2.24) is 0 Å². The summed E-state index contributed by atoms with van der Waals surface area (Å²) in [5, 5.41) is 1.44. The van der Waals surface area contributed by atoms with Gasteiger partial charge in [-0.2, -0.15) is 0 Å². The lowest BCUT2D eigenvalue weighted by Gasteiger charge is -2.22. The van der Waals surface area contributed by atoms with Gasteiger partial charge >= 0.3 is 11.9 Å². The Kier molecular flexibility index (Phi) is 13.1. The van der Waals surface area contributed by atoms with E-state index in [-0.39, 0.29) is 10.5 Å². The van der Waals surface area contributed by atoms with Crippen molar-refractivity contribution in [3.63, 3.8) is 0 Å². The number of hydrogen-bond donors (Lipinski definition) is 0. The van der Waals surface area contributed by atoms with Crippen LogP contribution in [0.3, 0.4) is 0 Å². The topological polar surface area (TPSA) is 71.1 Å². The van der Waals surface area contributed by atoms with Gasteiger partial charge < -0.3 is 18.9 Å². The van der Waals surface area contributed by atoms with Crippen LogP contribution in [0.25, 0.3) is 12.2 Å². The van der Waals surface area contributed by atoms with Crippen LogP contribution in [0.2, 0.25) is 20.1 Å². The molecule has 0 aliphatic carbocycles. The van der Waals surface area contributed by atoms with Crippen molar-refractivity contribution in [1.29, 1.82) is 0 Å². The first-order valence-electron chi connectivity index (χ1n) is 14.1. The van der Waals surface area contributed by atoms with Crippen molar-refractivity contribution in [3.8, 4) is 23.0 Å². The van der Waals surface area contributed by atoms with E-state index >= 15 is 0 Å². The molecule has 4 aromatic carbocycles. The molecule has 0 radical (unpaired) electrons. The van der Waals surface area contributed by atoms with Crippen LogP contribution in [-0.4, -0.2) is 26.2 Å². The number of methoxy groups -OCH3 is 2. The normalized spacial score (nSPS) is 12.6. The lowest BCUT2D eigenvalue weighted by atomic mass is 10.1. The molecule has 6 nitrogen and oxygen atoms in total. The molecular formula is C36H30Cl4O6S. The van der Waals surface area contributed by atoms with E-state index < -0.39 is 11.9 Å². The number of benzene rings is 4.